The second-order valence-corrected chi connectivity index (χ2v) is 6.37. The summed E-state index contributed by atoms with van der Waals surface area (Å²) in [5.74, 6) is 0. The van der Waals surface area contributed by atoms with Crippen molar-refractivity contribution in [2.24, 2.45) is 0 Å². The first-order chi connectivity index (χ1) is 8.90. The number of sulfonamides is 1. The maximum atomic E-state index is 12.3. The molecule has 0 saturated heterocycles. The average Bonchev–Trinajstić information content (AvgIpc) is 2.35. The maximum Gasteiger partial charge on any atom is 0.261 e. The lowest BCUT2D eigenvalue weighted by Crippen LogP contribution is -3.00. The molecular formula is C15H17FNO2S-. The summed E-state index contributed by atoms with van der Waals surface area (Å²) in [7, 11) is -3.53. The summed E-state index contributed by atoms with van der Waals surface area (Å²) in [5.41, 5.74) is 3.51. The third-order valence-corrected chi connectivity index (χ3v) is 4.41. The van der Waals surface area contributed by atoms with Crippen molar-refractivity contribution < 1.29 is 13.1 Å². The quantitative estimate of drug-likeness (QED) is 0.891. The van der Waals surface area contributed by atoms with Crippen molar-refractivity contribution in [3.8, 4) is 0 Å². The zero-order valence-corrected chi connectivity index (χ0v) is 12.5. The number of benzene rings is 2. The monoisotopic (exact) mass is 294 g/mol. The molecule has 0 aliphatic rings. The van der Waals surface area contributed by atoms with E-state index < -0.39 is 10.0 Å². The predicted molar refractivity (Wildman–Crippen MR) is 77.9 cm³/mol. The van der Waals surface area contributed by atoms with Gasteiger partial charge < -0.3 is 4.70 Å². The molecule has 0 spiro atoms. The summed E-state index contributed by atoms with van der Waals surface area (Å²) < 4.78 is 27.3. The molecule has 0 fully saturated rings. The first-order valence-corrected chi connectivity index (χ1v) is 7.54. The fraction of sp³-hybridized carbons (Fsp3) is 0.200. The Labute approximate surface area is 119 Å². The van der Waals surface area contributed by atoms with Crippen molar-refractivity contribution in [3.05, 3.63) is 59.2 Å². The second-order valence-electron chi connectivity index (χ2n) is 4.69. The molecule has 0 aliphatic carbocycles. The fourth-order valence-electron chi connectivity index (χ4n) is 1.89. The molecule has 0 aromatic heterocycles. The SMILES string of the molecule is Cc1ccc(S(=O)(=O)Nc2c(C)cccc2C)cc1.[F-]. The molecule has 2 aromatic carbocycles. The van der Waals surface area contributed by atoms with Crippen LogP contribution in [0.1, 0.15) is 16.7 Å². The van der Waals surface area contributed by atoms with Gasteiger partial charge in [-0.05, 0) is 44.0 Å². The average molecular weight is 294 g/mol. The summed E-state index contributed by atoms with van der Waals surface area (Å²) >= 11 is 0. The van der Waals surface area contributed by atoms with Gasteiger partial charge in [-0.3, -0.25) is 4.72 Å². The molecule has 0 bridgehead atoms. The Morgan fingerprint density at radius 1 is 0.850 bits per heavy atom. The van der Waals surface area contributed by atoms with Crippen molar-refractivity contribution in [2.75, 3.05) is 4.72 Å². The summed E-state index contributed by atoms with van der Waals surface area (Å²) in [6.07, 6.45) is 0. The van der Waals surface area contributed by atoms with E-state index in [2.05, 4.69) is 4.72 Å². The number of aryl methyl sites for hydroxylation is 3. The molecule has 2 aromatic rings. The van der Waals surface area contributed by atoms with E-state index in [1.54, 1.807) is 24.3 Å². The summed E-state index contributed by atoms with van der Waals surface area (Å²) in [6.45, 7) is 5.70. The van der Waals surface area contributed by atoms with Crippen molar-refractivity contribution in [3.63, 3.8) is 0 Å². The van der Waals surface area contributed by atoms with Gasteiger partial charge in [0.1, 0.15) is 0 Å². The Morgan fingerprint density at radius 2 is 1.35 bits per heavy atom. The molecule has 20 heavy (non-hydrogen) atoms. The van der Waals surface area contributed by atoms with Crippen molar-refractivity contribution >= 4 is 15.7 Å². The Bertz CT molecular complexity index is 674. The molecule has 3 nitrogen and oxygen atoms in total. The first kappa shape index (κ1) is 16.2. The van der Waals surface area contributed by atoms with Crippen LogP contribution in [-0.2, 0) is 10.0 Å². The lowest BCUT2D eigenvalue weighted by Gasteiger charge is -2.13. The van der Waals surface area contributed by atoms with E-state index >= 15 is 0 Å². The van der Waals surface area contributed by atoms with Gasteiger partial charge >= 0.3 is 0 Å². The number of nitrogens with one attached hydrogen (secondary N) is 1. The summed E-state index contributed by atoms with van der Waals surface area (Å²) in [6, 6.07) is 12.5. The number of para-hydroxylation sites is 1. The first-order valence-electron chi connectivity index (χ1n) is 6.06. The van der Waals surface area contributed by atoms with Crippen LogP contribution in [0.25, 0.3) is 0 Å². The van der Waals surface area contributed by atoms with E-state index in [0.717, 1.165) is 16.7 Å². The van der Waals surface area contributed by atoms with Crippen molar-refractivity contribution in [2.45, 2.75) is 25.7 Å². The molecule has 0 saturated carbocycles. The van der Waals surface area contributed by atoms with E-state index in [9.17, 15) is 8.42 Å². The van der Waals surface area contributed by atoms with E-state index in [0.29, 0.717) is 5.69 Å². The third-order valence-electron chi connectivity index (χ3n) is 3.05. The normalized spacial score (nSPS) is 10.8. The maximum absolute atomic E-state index is 12.3. The highest BCUT2D eigenvalue weighted by Gasteiger charge is 2.15. The number of hydrogen-bond donors (Lipinski definition) is 1. The number of anilines is 1. The number of halogens is 1. The predicted octanol–water partition coefficient (Wildman–Crippen LogP) is 0.417. The Hall–Kier alpha value is -1.88. The van der Waals surface area contributed by atoms with Gasteiger partial charge in [0.25, 0.3) is 10.0 Å². The molecule has 0 radical (unpaired) electrons. The van der Waals surface area contributed by atoms with Crippen LogP contribution in [0, 0.1) is 20.8 Å². The third kappa shape index (κ3) is 3.36. The smallest absolute Gasteiger partial charge is 0.261 e. The van der Waals surface area contributed by atoms with E-state index in [4.69, 9.17) is 0 Å². The highest BCUT2D eigenvalue weighted by molar-refractivity contribution is 7.92. The fourth-order valence-corrected chi connectivity index (χ4v) is 3.09. The summed E-state index contributed by atoms with van der Waals surface area (Å²) in [4.78, 5) is 0.278. The highest BCUT2D eigenvalue weighted by Crippen LogP contribution is 2.23. The Morgan fingerprint density at radius 3 is 1.85 bits per heavy atom. The minimum absolute atomic E-state index is 0. The molecule has 108 valence electrons. The van der Waals surface area contributed by atoms with Gasteiger partial charge in [-0.15, -0.1) is 0 Å². The number of rotatable bonds is 3. The zero-order valence-electron chi connectivity index (χ0n) is 11.6. The van der Waals surface area contributed by atoms with Crippen LogP contribution in [0.5, 0.6) is 0 Å². The second kappa shape index (κ2) is 6.05. The van der Waals surface area contributed by atoms with Gasteiger partial charge in [-0.2, -0.15) is 0 Å². The molecule has 0 amide bonds. The molecule has 5 heteroatoms. The van der Waals surface area contributed by atoms with E-state index in [-0.39, 0.29) is 9.60 Å². The summed E-state index contributed by atoms with van der Waals surface area (Å²) in [5, 5.41) is 0. The van der Waals surface area contributed by atoms with Crippen LogP contribution in [0.15, 0.2) is 47.4 Å². The van der Waals surface area contributed by atoms with Gasteiger partial charge in [0.2, 0.25) is 0 Å². The lowest BCUT2D eigenvalue weighted by atomic mass is 10.1. The van der Waals surface area contributed by atoms with Gasteiger partial charge in [0.15, 0.2) is 0 Å². The molecule has 0 atom stereocenters. The van der Waals surface area contributed by atoms with Crippen molar-refractivity contribution in [1.82, 2.24) is 0 Å². The molecule has 1 N–H and O–H groups in total. The Kier molecular flexibility index (Phi) is 4.89. The minimum atomic E-state index is -3.53. The van der Waals surface area contributed by atoms with Gasteiger partial charge in [0.05, 0.1) is 10.6 Å². The topological polar surface area (TPSA) is 46.2 Å². The standard InChI is InChI=1S/C15H17NO2S.FH/c1-11-7-9-14(10-8-11)19(17,18)16-15-12(2)5-4-6-13(15)3;/h4-10,16H,1-3H3;1H/p-1. The van der Waals surface area contributed by atoms with Crippen LogP contribution in [-0.4, -0.2) is 8.42 Å². The molecule has 0 unspecified atom stereocenters. The highest BCUT2D eigenvalue weighted by atomic mass is 32.2. The van der Waals surface area contributed by atoms with Crippen LogP contribution < -0.4 is 9.43 Å². The van der Waals surface area contributed by atoms with Crippen LogP contribution >= 0.6 is 0 Å². The van der Waals surface area contributed by atoms with Crippen molar-refractivity contribution in [1.29, 1.82) is 0 Å². The van der Waals surface area contributed by atoms with Crippen LogP contribution in [0.2, 0.25) is 0 Å². The van der Waals surface area contributed by atoms with Crippen LogP contribution in [0.4, 0.5) is 5.69 Å². The van der Waals surface area contributed by atoms with Gasteiger partial charge in [-0.1, -0.05) is 35.9 Å². The lowest BCUT2D eigenvalue weighted by molar-refractivity contribution is -0.00000643. The Balaban J connectivity index is 0.00000200. The van der Waals surface area contributed by atoms with Crippen LogP contribution in [0.3, 0.4) is 0 Å². The van der Waals surface area contributed by atoms with Gasteiger partial charge in [-0.25, -0.2) is 8.42 Å². The molecule has 0 heterocycles. The zero-order chi connectivity index (χ0) is 14.0. The largest absolute Gasteiger partial charge is 1.00 e. The number of hydrogen-bond acceptors (Lipinski definition) is 2. The minimum Gasteiger partial charge on any atom is -1.00 e. The molecular weight excluding hydrogens is 277 g/mol. The van der Waals surface area contributed by atoms with E-state index in [1.807, 2.05) is 39.0 Å². The molecule has 2 rings (SSSR count). The van der Waals surface area contributed by atoms with Gasteiger partial charge in [0, 0.05) is 0 Å². The molecule has 0 aliphatic heterocycles. The van der Waals surface area contributed by atoms with E-state index in [1.165, 1.54) is 0 Å².